The van der Waals surface area contributed by atoms with Gasteiger partial charge in [0.2, 0.25) is 0 Å². The molecule has 0 aromatic heterocycles. The average molecular weight is 292 g/mol. The molecule has 1 unspecified atom stereocenters. The van der Waals surface area contributed by atoms with Crippen LogP contribution >= 0.6 is 0 Å². The van der Waals surface area contributed by atoms with E-state index in [1.54, 1.807) is 6.92 Å². The molecule has 0 bridgehead atoms. The maximum Gasteiger partial charge on any atom is 0.306 e. The van der Waals surface area contributed by atoms with E-state index in [2.05, 4.69) is 0 Å². The highest BCUT2D eigenvalue weighted by atomic mass is 32.2. The summed E-state index contributed by atoms with van der Waals surface area (Å²) < 4.78 is 17.6. The third-order valence-electron chi connectivity index (χ3n) is 3.43. The van der Waals surface area contributed by atoms with Crippen molar-refractivity contribution >= 4 is 16.8 Å². The van der Waals surface area contributed by atoms with E-state index in [0.29, 0.717) is 13.0 Å². The van der Waals surface area contributed by atoms with Crippen molar-refractivity contribution in [2.24, 2.45) is 5.92 Å². The lowest BCUT2D eigenvalue weighted by Gasteiger charge is -2.14. The molecule has 0 amide bonds. The molecule has 0 fully saturated rings. The second-order valence-corrected chi connectivity index (χ2v) is 6.45. The predicted octanol–water partition coefficient (Wildman–Crippen LogP) is 3.35. The molecule has 20 heavy (non-hydrogen) atoms. The van der Waals surface area contributed by atoms with E-state index >= 15 is 0 Å². The molecular weight excluding hydrogens is 272 g/mol. The van der Waals surface area contributed by atoms with Crippen molar-refractivity contribution in [1.82, 2.24) is 0 Å². The summed E-state index contributed by atoms with van der Waals surface area (Å²) >= 11 is 0. The molecule has 1 aliphatic rings. The van der Waals surface area contributed by atoms with Crippen LogP contribution < -0.4 is 0 Å². The summed E-state index contributed by atoms with van der Waals surface area (Å²) in [6, 6.07) is 7.71. The van der Waals surface area contributed by atoms with Gasteiger partial charge in [-0.15, -0.1) is 0 Å². The largest absolute Gasteiger partial charge is 0.466 e. The number of hydrogen-bond donors (Lipinski definition) is 0. The predicted molar refractivity (Wildman–Crippen MR) is 79.6 cm³/mol. The van der Waals surface area contributed by atoms with E-state index in [9.17, 15) is 9.00 Å². The molecule has 2 atom stereocenters. The molecule has 1 aromatic carbocycles. The fourth-order valence-electron chi connectivity index (χ4n) is 2.38. The number of hydrogen-bond acceptors (Lipinski definition) is 3. The van der Waals surface area contributed by atoms with Gasteiger partial charge in [0.05, 0.1) is 23.8 Å². The Balaban J connectivity index is 2.08. The van der Waals surface area contributed by atoms with Gasteiger partial charge in [-0.3, -0.25) is 4.79 Å². The number of carbonyl (C=O) groups excluding carboxylic acids is 1. The molecule has 0 spiro atoms. The van der Waals surface area contributed by atoms with Gasteiger partial charge in [-0.25, -0.2) is 4.21 Å². The minimum atomic E-state index is -1.16. The van der Waals surface area contributed by atoms with Crippen molar-refractivity contribution in [2.45, 2.75) is 38.0 Å². The maximum absolute atomic E-state index is 12.6. The molecule has 0 saturated carbocycles. The van der Waals surface area contributed by atoms with Crippen LogP contribution in [0.4, 0.5) is 0 Å². The van der Waals surface area contributed by atoms with Crippen LogP contribution in [0.5, 0.6) is 0 Å². The number of carbonyl (C=O) groups is 1. The fraction of sp³-hybridized carbons (Fsp3) is 0.438. The standard InChI is InChI=1S/C16H20O3S/c1-3-19-16(17)11-13-5-4-6-15(13)20(18)14-9-7-12(2)8-10-14/h6-10,13H,3-5,11H2,1-2H3/t13-,20?/m1/s1. The first kappa shape index (κ1) is 15.0. The molecular formula is C16H20O3S. The van der Waals surface area contributed by atoms with E-state index in [0.717, 1.165) is 28.2 Å². The third kappa shape index (κ3) is 3.57. The van der Waals surface area contributed by atoms with Crippen molar-refractivity contribution in [2.75, 3.05) is 6.61 Å². The molecule has 1 aromatic rings. The number of rotatable bonds is 5. The van der Waals surface area contributed by atoms with Gasteiger partial charge >= 0.3 is 5.97 Å². The van der Waals surface area contributed by atoms with Crippen molar-refractivity contribution in [3.63, 3.8) is 0 Å². The highest BCUT2D eigenvalue weighted by Gasteiger charge is 2.27. The first-order chi connectivity index (χ1) is 9.61. The van der Waals surface area contributed by atoms with Crippen LogP contribution in [0, 0.1) is 12.8 Å². The molecule has 1 aliphatic carbocycles. The summed E-state index contributed by atoms with van der Waals surface area (Å²) in [7, 11) is -1.16. The Morgan fingerprint density at radius 1 is 1.35 bits per heavy atom. The summed E-state index contributed by atoms with van der Waals surface area (Å²) in [4.78, 5) is 13.3. The van der Waals surface area contributed by atoms with Crippen LogP contribution in [0.25, 0.3) is 0 Å². The van der Waals surface area contributed by atoms with Crippen molar-refractivity contribution < 1.29 is 13.7 Å². The van der Waals surface area contributed by atoms with Gasteiger partial charge < -0.3 is 4.74 Å². The first-order valence-electron chi connectivity index (χ1n) is 6.96. The van der Waals surface area contributed by atoms with Gasteiger partial charge in [0.1, 0.15) is 0 Å². The molecule has 0 radical (unpaired) electrons. The topological polar surface area (TPSA) is 43.4 Å². The minimum absolute atomic E-state index is 0.0520. The van der Waals surface area contributed by atoms with Gasteiger partial charge in [-0.1, -0.05) is 23.8 Å². The van der Waals surface area contributed by atoms with Crippen LogP contribution in [0.1, 0.15) is 31.7 Å². The smallest absolute Gasteiger partial charge is 0.306 e. The molecule has 0 heterocycles. The van der Waals surface area contributed by atoms with Crippen LogP contribution in [0.2, 0.25) is 0 Å². The van der Waals surface area contributed by atoms with Gasteiger partial charge in [-0.05, 0) is 38.8 Å². The van der Waals surface area contributed by atoms with Crippen molar-refractivity contribution in [1.29, 1.82) is 0 Å². The lowest BCUT2D eigenvalue weighted by atomic mass is 10.1. The summed E-state index contributed by atoms with van der Waals surface area (Å²) in [5.74, 6) is -0.151. The molecule has 0 N–H and O–H groups in total. The van der Waals surface area contributed by atoms with Crippen LogP contribution in [-0.4, -0.2) is 16.8 Å². The van der Waals surface area contributed by atoms with Crippen molar-refractivity contribution in [3.8, 4) is 0 Å². The number of esters is 1. The lowest BCUT2D eigenvalue weighted by Crippen LogP contribution is -2.13. The Kier molecular flexibility index (Phi) is 5.12. The zero-order valence-corrected chi connectivity index (χ0v) is 12.7. The van der Waals surface area contributed by atoms with Gasteiger partial charge in [0.25, 0.3) is 0 Å². The molecule has 108 valence electrons. The average Bonchev–Trinajstić information content (AvgIpc) is 2.87. The number of aryl methyl sites for hydroxylation is 1. The third-order valence-corrected chi connectivity index (χ3v) is 5.06. The Morgan fingerprint density at radius 2 is 2.05 bits per heavy atom. The highest BCUT2D eigenvalue weighted by molar-refractivity contribution is 7.89. The summed E-state index contributed by atoms with van der Waals surface area (Å²) in [6.45, 7) is 4.20. The van der Waals surface area contributed by atoms with E-state index in [1.807, 2.05) is 37.3 Å². The summed E-state index contributed by atoms with van der Waals surface area (Å²) in [5, 5.41) is 0. The minimum Gasteiger partial charge on any atom is -0.466 e. The van der Waals surface area contributed by atoms with Crippen LogP contribution in [-0.2, 0) is 20.3 Å². The van der Waals surface area contributed by atoms with Gasteiger partial charge in [0, 0.05) is 15.7 Å². The fourth-order valence-corrected chi connectivity index (χ4v) is 3.81. The van der Waals surface area contributed by atoms with E-state index in [-0.39, 0.29) is 11.9 Å². The monoisotopic (exact) mass is 292 g/mol. The Labute approximate surface area is 122 Å². The number of benzene rings is 1. The normalized spacial score (nSPS) is 19.5. The van der Waals surface area contributed by atoms with Crippen LogP contribution in [0.15, 0.2) is 40.1 Å². The SMILES string of the molecule is CCOC(=O)C[C@H]1CCC=C1S(=O)c1ccc(C)cc1. The van der Waals surface area contributed by atoms with Crippen LogP contribution in [0.3, 0.4) is 0 Å². The Bertz CT molecular complexity index is 531. The quantitative estimate of drug-likeness (QED) is 0.782. The molecule has 4 heteroatoms. The van der Waals surface area contributed by atoms with E-state index < -0.39 is 10.8 Å². The van der Waals surface area contributed by atoms with Crippen molar-refractivity contribution in [3.05, 3.63) is 40.8 Å². The Morgan fingerprint density at radius 3 is 2.70 bits per heavy atom. The molecule has 2 rings (SSSR count). The molecule has 0 aliphatic heterocycles. The van der Waals surface area contributed by atoms with Gasteiger partial charge in [-0.2, -0.15) is 0 Å². The molecule has 0 saturated heterocycles. The van der Waals surface area contributed by atoms with E-state index in [1.165, 1.54) is 0 Å². The second-order valence-electron chi connectivity index (χ2n) is 4.97. The summed E-state index contributed by atoms with van der Waals surface area (Å²) in [5.41, 5.74) is 1.15. The maximum atomic E-state index is 12.6. The molecule has 3 nitrogen and oxygen atoms in total. The number of allylic oxidation sites excluding steroid dienone is 2. The first-order valence-corrected chi connectivity index (χ1v) is 8.11. The number of ether oxygens (including phenoxy) is 1. The highest BCUT2D eigenvalue weighted by Crippen LogP contribution is 2.34. The lowest BCUT2D eigenvalue weighted by molar-refractivity contribution is -0.143. The second kappa shape index (κ2) is 6.84. The zero-order valence-electron chi connectivity index (χ0n) is 11.9. The van der Waals surface area contributed by atoms with Gasteiger partial charge in [0.15, 0.2) is 0 Å². The Hall–Kier alpha value is -1.42. The zero-order chi connectivity index (χ0) is 14.5. The summed E-state index contributed by atoms with van der Waals surface area (Å²) in [6.07, 6.45) is 4.11. The van der Waals surface area contributed by atoms with E-state index in [4.69, 9.17) is 4.74 Å².